The SMILES string of the molecule is C[C@H]1Cn2ncc(N3C(=O)C[C@H](Oc4ncccn4)[C@@H]3C)c2CN1C(=O)OC(C)(C)C. The third kappa shape index (κ3) is 4.19. The van der Waals surface area contributed by atoms with E-state index in [1.807, 2.05) is 39.3 Å². The molecule has 0 N–H and O–H groups in total. The number of carbonyl (C=O) groups excluding carboxylic acids is 2. The minimum Gasteiger partial charge on any atom is -0.457 e. The van der Waals surface area contributed by atoms with Crippen molar-refractivity contribution in [2.75, 3.05) is 4.90 Å². The van der Waals surface area contributed by atoms with Gasteiger partial charge in [0.1, 0.15) is 11.7 Å². The van der Waals surface area contributed by atoms with Crippen LogP contribution in [-0.2, 0) is 22.6 Å². The highest BCUT2D eigenvalue weighted by Gasteiger charge is 2.43. The Kier molecular flexibility index (Phi) is 5.32. The van der Waals surface area contributed by atoms with Gasteiger partial charge in [-0.25, -0.2) is 14.8 Å². The number of hydrogen-bond donors (Lipinski definition) is 0. The van der Waals surface area contributed by atoms with Crippen molar-refractivity contribution in [2.45, 2.75) is 77.9 Å². The monoisotopic (exact) mass is 428 g/mol. The zero-order chi connectivity index (χ0) is 22.3. The molecule has 2 aliphatic rings. The Labute approximate surface area is 181 Å². The van der Waals surface area contributed by atoms with Gasteiger partial charge in [-0.1, -0.05) is 0 Å². The van der Waals surface area contributed by atoms with Gasteiger partial charge in [0.05, 0.1) is 49.2 Å². The molecular formula is C21H28N6O4. The van der Waals surface area contributed by atoms with E-state index in [-0.39, 0.29) is 42.6 Å². The summed E-state index contributed by atoms with van der Waals surface area (Å²) in [6, 6.07) is 1.64. The van der Waals surface area contributed by atoms with Crippen LogP contribution in [-0.4, -0.2) is 60.4 Å². The molecule has 31 heavy (non-hydrogen) atoms. The summed E-state index contributed by atoms with van der Waals surface area (Å²) >= 11 is 0. The van der Waals surface area contributed by atoms with Gasteiger partial charge in [0.2, 0.25) is 5.91 Å². The maximum atomic E-state index is 12.9. The average molecular weight is 428 g/mol. The number of aromatic nitrogens is 4. The number of ether oxygens (including phenoxy) is 2. The topological polar surface area (TPSA) is 103 Å². The smallest absolute Gasteiger partial charge is 0.410 e. The predicted octanol–water partition coefficient (Wildman–Crippen LogP) is 2.39. The molecule has 1 fully saturated rings. The molecule has 0 aromatic carbocycles. The average Bonchev–Trinajstić information content (AvgIpc) is 3.20. The van der Waals surface area contributed by atoms with Crippen LogP contribution in [0.2, 0.25) is 0 Å². The molecule has 0 unspecified atom stereocenters. The highest BCUT2D eigenvalue weighted by Crippen LogP contribution is 2.34. The van der Waals surface area contributed by atoms with Crippen LogP contribution in [0.3, 0.4) is 0 Å². The van der Waals surface area contributed by atoms with Crippen molar-refractivity contribution in [3.63, 3.8) is 0 Å². The lowest BCUT2D eigenvalue weighted by Gasteiger charge is -2.36. The minimum atomic E-state index is -0.583. The first-order valence-electron chi connectivity index (χ1n) is 10.4. The van der Waals surface area contributed by atoms with E-state index in [0.717, 1.165) is 5.69 Å². The van der Waals surface area contributed by atoms with E-state index in [2.05, 4.69) is 15.1 Å². The molecule has 4 rings (SSSR count). The van der Waals surface area contributed by atoms with Crippen molar-refractivity contribution in [3.05, 3.63) is 30.4 Å². The molecule has 2 aliphatic heterocycles. The van der Waals surface area contributed by atoms with Crippen molar-refractivity contribution in [1.82, 2.24) is 24.6 Å². The van der Waals surface area contributed by atoms with Crippen LogP contribution in [0.1, 0.15) is 46.7 Å². The van der Waals surface area contributed by atoms with Gasteiger partial charge in [-0.05, 0) is 40.7 Å². The Morgan fingerprint density at radius 3 is 2.58 bits per heavy atom. The molecule has 166 valence electrons. The Morgan fingerprint density at radius 2 is 1.90 bits per heavy atom. The summed E-state index contributed by atoms with van der Waals surface area (Å²) in [6.07, 6.45) is 4.35. The summed E-state index contributed by atoms with van der Waals surface area (Å²) in [7, 11) is 0. The normalized spacial score (nSPS) is 23.6. The van der Waals surface area contributed by atoms with E-state index in [9.17, 15) is 9.59 Å². The molecule has 0 radical (unpaired) electrons. The fourth-order valence-corrected chi connectivity index (χ4v) is 3.96. The Bertz CT molecular complexity index is 970. The van der Waals surface area contributed by atoms with Crippen molar-refractivity contribution in [1.29, 1.82) is 0 Å². The molecule has 0 saturated carbocycles. The van der Waals surface area contributed by atoms with Gasteiger partial charge in [0.15, 0.2) is 0 Å². The maximum Gasteiger partial charge on any atom is 0.410 e. The van der Waals surface area contributed by atoms with Crippen molar-refractivity contribution in [3.8, 4) is 6.01 Å². The molecule has 0 bridgehead atoms. The summed E-state index contributed by atoms with van der Waals surface area (Å²) in [5, 5.41) is 4.48. The highest BCUT2D eigenvalue weighted by atomic mass is 16.6. The second-order valence-electron chi connectivity index (χ2n) is 9.01. The molecule has 10 heteroatoms. The third-order valence-electron chi connectivity index (χ3n) is 5.49. The van der Waals surface area contributed by atoms with E-state index in [1.54, 1.807) is 34.5 Å². The van der Waals surface area contributed by atoms with Crippen molar-refractivity contribution < 1.29 is 19.1 Å². The molecule has 10 nitrogen and oxygen atoms in total. The molecule has 0 aliphatic carbocycles. The summed E-state index contributed by atoms with van der Waals surface area (Å²) < 4.78 is 13.3. The fourth-order valence-electron chi connectivity index (χ4n) is 3.96. The number of amides is 2. The van der Waals surface area contributed by atoms with E-state index in [1.165, 1.54) is 0 Å². The Hall–Kier alpha value is -3.17. The zero-order valence-electron chi connectivity index (χ0n) is 18.5. The van der Waals surface area contributed by atoms with E-state index in [4.69, 9.17) is 9.47 Å². The van der Waals surface area contributed by atoms with Crippen LogP contribution in [0.5, 0.6) is 6.01 Å². The molecular weight excluding hydrogens is 400 g/mol. The Balaban J connectivity index is 1.56. The molecule has 2 aromatic rings. The van der Waals surface area contributed by atoms with Crippen LogP contribution in [0.4, 0.5) is 10.5 Å². The summed E-state index contributed by atoms with van der Waals surface area (Å²) in [6.45, 7) is 10.3. The first-order chi connectivity index (χ1) is 14.6. The lowest BCUT2D eigenvalue weighted by molar-refractivity contribution is -0.117. The van der Waals surface area contributed by atoms with Crippen LogP contribution in [0.15, 0.2) is 24.7 Å². The Morgan fingerprint density at radius 1 is 1.19 bits per heavy atom. The highest BCUT2D eigenvalue weighted by molar-refractivity contribution is 5.97. The standard InChI is InChI=1S/C21H28N6O4/c1-13-11-26-16(12-25(13)20(29)31-21(3,4)5)15(10-24-26)27-14(2)17(9-18(27)28)30-19-22-7-6-8-23-19/h6-8,10,13-14,17H,9,11-12H2,1-5H3/t13-,14-,17-/m0/s1. The van der Waals surface area contributed by atoms with Crippen LogP contribution >= 0.6 is 0 Å². The summed E-state index contributed by atoms with van der Waals surface area (Å²) in [5.41, 5.74) is 0.916. The van der Waals surface area contributed by atoms with Crippen molar-refractivity contribution >= 4 is 17.7 Å². The van der Waals surface area contributed by atoms with Gasteiger partial charge in [0, 0.05) is 12.4 Å². The third-order valence-corrected chi connectivity index (χ3v) is 5.49. The molecule has 3 atom stereocenters. The number of carbonyl (C=O) groups is 2. The number of rotatable bonds is 3. The minimum absolute atomic E-state index is 0.0633. The quantitative estimate of drug-likeness (QED) is 0.739. The molecule has 2 amide bonds. The lowest BCUT2D eigenvalue weighted by atomic mass is 10.1. The number of nitrogens with zero attached hydrogens (tertiary/aromatic N) is 6. The number of hydrogen-bond acceptors (Lipinski definition) is 7. The van der Waals surface area contributed by atoms with E-state index >= 15 is 0 Å². The molecule has 0 spiro atoms. The van der Waals surface area contributed by atoms with Gasteiger partial charge >= 0.3 is 12.1 Å². The molecule has 2 aromatic heterocycles. The number of fused-ring (bicyclic) bond motifs is 1. The number of anilines is 1. The molecule has 4 heterocycles. The second kappa shape index (κ2) is 7.82. The molecule has 1 saturated heterocycles. The predicted molar refractivity (Wildman–Crippen MR) is 111 cm³/mol. The van der Waals surface area contributed by atoms with Gasteiger partial charge in [-0.2, -0.15) is 5.10 Å². The largest absolute Gasteiger partial charge is 0.457 e. The summed E-state index contributed by atoms with van der Waals surface area (Å²) in [5.74, 6) is -0.0633. The van der Waals surface area contributed by atoms with Crippen LogP contribution in [0.25, 0.3) is 0 Å². The first-order valence-corrected chi connectivity index (χ1v) is 10.4. The van der Waals surface area contributed by atoms with E-state index < -0.39 is 5.60 Å². The second-order valence-corrected chi connectivity index (χ2v) is 9.01. The van der Waals surface area contributed by atoms with Gasteiger partial charge in [-0.3, -0.25) is 14.4 Å². The van der Waals surface area contributed by atoms with Crippen LogP contribution < -0.4 is 9.64 Å². The van der Waals surface area contributed by atoms with E-state index in [0.29, 0.717) is 18.8 Å². The van der Waals surface area contributed by atoms with Crippen molar-refractivity contribution in [2.24, 2.45) is 0 Å². The first kappa shape index (κ1) is 21.1. The van der Waals surface area contributed by atoms with Gasteiger partial charge in [-0.15, -0.1) is 0 Å². The lowest BCUT2D eigenvalue weighted by Crippen LogP contribution is -2.47. The fraction of sp³-hybridized carbons (Fsp3) is 0.571. The van der Waals surface area contributed by atoms with Gasteiger partial charge in [0.25, 0.3) is 0 Å². The van der Waals surface area contributed by atoms with Gasteiger partial charge < -0.3 is 14.4 Å². The zero-order valence-corrected chi connectivity index (χ0v) is 18.5. The maximum absolute atomic E-state index is 12.9. The van der Waals surface area contributed by atoms with Crippen LogP contribution in [0, 0.1) is 0 Å². The summed E-state index contributed by atoms with van der Waals surface area (Å²) in [4.78, 5) is 37.2.